The minimum absolute atomic E-state index is 0.150. The van der Waals surface area contributed by atoms with Crippen molar-refractivity contribution in [2.45, 2.75) is 12.7 Å². The van der Waals surface area contributed by atoms with Gasteiger partial charge in [0.15, 0.2) is 5.58 Å². The zero-order chi connectivity index (χ0) is 14.3. The number of oxazole rings is 1. The van der Waals surface area contributed by atoms with Crippen LogP contribution in [0.25, 0.3) is 22.7 Å². The maximum absolute atomic E-state index is 12.6. The standard InChI is InChI=1S/C12H8F3N3OS/c13-12(14,15)6-1-2-9-7(3-6)18-11(19-9)8-5-20-10(4-16)17-8/h1-3,5H,4,16H2. The summed E-state index contributed by atoms with van der Waals surface area (Å²) in [5.41, 5.74) is 5.61. The third-order valence-corrected chi connectivity index (χ3v) is 3.53. The van der Waals surface area contributed by atoms with Gasteiger partial charge in [-0.1, -0.05) is 0 Å². The van der Waals surface area contributed by atoms with E-state index in [1.54, 1.807) is 5.38 Å². The van der Waals surface area contributed by atoms with Crippen LogP contribution >= 0.6 is 11.3 Å². The molecule has 0 aliphatic carbocycles. The molecule has 2 heterocycles. The molecule has 0 amide bonds. The van der Waals surface area contributed by atoms with Crippen molar-refractivity contribution in [3.05, 3.63) is 34.2 Å². The third kappa shape index (κ3) is 2.27. The molecule has 0 atom stereocenters. The second-order valence-electron chi connectivity index (χ2n) is 4.03. The number of rotatable bonds is 2. The van der Waals surface area contributed by atoms with E-state index in [-0.39, 0.29) is 17.0 Å². The molecule has 0 spiro atoms. The quantitative estimate of drug-likeness (QED) is 0.787. The summed E-state index contributed by atoms with van der Waals surface area (Å²) >= 11 is 1.35. The van der Waals surface area contributed by atoms with Gasteiger partial charge in [-0.05, 0) is 18.2 Å². The largest absolute Gasteiger partial charge is 0.435 e. The van der Waals surface area contributed by atoms with Crippen molar-refractivity contribution in [3.8, 4) is 11.6 Å². The summed E-state index contributed by atoms with van der Waals surface area (Å²) in [7, 11) is 0. The van der Waals surface area contributed by atoms with Gasteiger partial charge in [0, 0.05) is 11.9 Å². The van der Waals surface area contributed by atoms with Crippen LogP contribution in [0.3, 0.4) is 0 Å². The van der Waals surface area contributed by atoms with E-state index in [2.05, 4.69) is 9.97 Å². The first-order chi connectivity index (χ1) is 9.47. The number of alkyl halides is 3. The molecule has 8 heteroatoms. The average Bonchev–Trinajstić information content (AvgIpc) is 3.02. The van der Waals surface area contributed by atoms with Crippen LogP contribution in [0.15, 0.2) is 28.0 Å². The number of hydrogen-bond donors (Lipinski definition) is 1. The lowest BCUT2D eigenvalue weighted by molar-refractivity contribution is -0.137. The Hall–Kier alpha value is -1.93. The van der Waals surface area contributed by atoms with Crippen LogP contribution in [-0.4, -0.2) is 9.97 Å². The number of aromatic nitrogens is 2. The summed E-state index contributed by atoms with van der Waals surface area (Å²) in [6, 6.07) is 3.17. The van der Waals surface area contributed by atoms with Gasteiger partial charge in [-0.2, -0.15) is 13.2 Å². The van der Waals surface area contributed by atoms with Crippen LogP contribution in [-0.2, 0) is 12.7 Å². The van der Waals surface area contributed by atoms with Crippen LogP contribution in [0.4, 0.5) is 13.2 Å². The minimum Gasteiger partial charge on any atom is -0.435 e. The lowest BCUT2D eigenvalue weighted by atomic mass is 10.2. The van der Waals surface area contributed by atoms with Gasteiger partial charge < -0.3 is 10.2 Å². The van der Waals surface area contributed by atoms with E-state index in [0.29, 0.717) is 17.2 Å². The highest BCUT2D eigenvalue weighted by Crippen LogP contribution is 2.32. The van der Waals surface area contributed by atoms with E-state index < -0.39 is 11.7 Å². The molecule has 0 bridgehead atoms. The molecular weight excluding hydrogens is 291 g/mol. The summed E-state index contributed by atoms with van der Waals surface area (Å²) in [5, 5.41) is 2.41. The Kier molecular flexibility index (Phi) is 2.98. The smallest absolute Gasteiger partial charge is 0.416 e. The molecule has 4 nitrogen and oxygen atoms in total. The van der Waals surface area contributed by atoms with Crippen LogP contribution in [0.1, 0.15) is 10.6 Å². The summed E-state index contributed by atoms with van der Waals surface area (Å²) in [6.45, 7) is 0.295. The van der Waals surface area contributed by atoms with Crippen molar-refractivity contribution in [1.29, 1.82) is 0 Å². The maximum atomic E-state index is 12.6. The highest BCUT2D eigenvalue weighted by Gasteiger charge is 2.31. The molecule has 2 N–H and O–H groups in total. The van der Waals surface area contributed by atoms with E-state index >= 15 is 0 Å². The SMILES string of the molecule is NCc1nc(-c2nc3cc(C(F)(F)F)ccc3o2)cs1. The molecule has 3 rings (SSSR count). The fourth-order valence-electron chi connectivity index (χ4n) is 1.72. The second kappa shape index (κ2) is 4.57. The fourth-order valence-corrected chi connectivity index (χ4v) is 2.36. The molecule has 0 fully saturated rings. The van der Waals surface area contributed by atoms with Crippen molar-refractivity contribution in [2.75, 3.05) is 0 Å². The number of nitrogens with zero attached hydrogens (tertiary/aromatic N) is 2. The van der Waals surface area contributed by atoms with Gasteiger partial charge in [-0.3, -0.25) is 0 Å². The van der Waals surface area contributed by atoms with Crippen LogP contribution in [0.2, 0.25) is 0 Å². The number of hydrogen-bond acceptors (Lipinski definition) is 5. The molecule has 0 unspecified atom stereocenters. The number of nitrogens with two attached hydrogens (primary N) is 1. The summed E-state index contributed by atoms with van der Waals surface area (Å²) < 4.78 is 43.2. The van der Waals surface area contributed by atoms with E-state index in [9.17, 15) is 13.2 Å². The van der Waals surface area contributed by atoms with Crippen molar-refractivity contribution < 1.29 is 17.6 Å². The van der Waals surface area contributed by atoms with Gasteiger partial charge in [-0.15, -0.1) is 11.3 Å². The Morgan fingerprint density at radius 3 is 2.70 bits per heavy atom. The molecule has 2 aromatic heterocycles. The van der Waals surface area contributed by atoms with Crippen molar-refractivity contribution in [3.63, 3.8) is 0 Å². The predicted molar refractivity (Wildman–Crippen MR) is 68.0 cm³/mol. The zero-order valence-electron chi connectivity index (χ0n) is 9.94. The van der Waals surface area contributed by atoms with Crippen molar-refractivity contribution >= 4 is 22.4 Å². The predicted octanol–water partition coefficient (Wildman–Crippen LogP) is 3.43. The average molecular weight is 299 g/mol. The highest BCUT2D eigenvalue weighted by molar-refractivity contribution is 7.09. The normalized spacial score (nSPS) is 12.2. The van der Waals surface area contributed by atoms with Crippen molar-refractivity contribution in [2.24, 2.45) is 5.73 Å². The van der Waals surface area contributed by atoms with Gasteiger partial charge in [0.25, 0.3) is 0 Å². The Morgan fingerprint density at radius 1 is 1.25 bits per heavy atom. The van der Waals surface area contributed by atoms with Gasteiger partial charge in [0.05, 0.1) is 5.56 Å². The van der Waals surface area contributed by atoms with Crippen LogP contribution in [0.5, 0.6) is 0 Å². The molecule has 20 heavy (non-hydrogen) atoms. The first-order valence-electron chi connectivity index (χ1n) is 5.60. The third-order valence-electron chi connectivity index (χ3n) is 2.66. The van der Waals surface area contributed by atoms with E-state index in [4.69, 9.17) is 10.2 Å². The van der Waals surface area contributed by atoms with E-state index in [1.165, 1.54) is 17.4 Å². The van der Waals surface area contributed by atoms with Crippen LogP contribution < -0.4 is 5.73 Å². The Balaban J connectivity index is 2.06. The Labute approximate surface area is 115 Å². The molecule has 0 aliphatic heterocycles. The molecular formula is C12H8F3N3OS. The Morgan fingerprint density at radius 2 is 2.05 bits per heavy atom. The summed E-state index contributed by atoms with van der Waals surface area (Å²) in [5.74, 6) is 0.190. The molecule has 3 aromatic rings. The Bertz CT molecular complexity index is 763. The van der Waals surface area contributed by atoms with Gasteiger partial charge >= 0.3 is 6.18 Å². The lowest BCUT2D eigenvalue weighted by Crippen LogP contribution is -2.03. The monoisotopic (exact) mass is 299 g/mol. The molecule has 1 aromatic carbocycles. The summed E-state index contributed by atoms with van der Waals surface area (Å²) in [6.07, 6.45) is -4.40. The molecule has 0 aliphatic rings. The van der Waals surface area contributed by atoms with Gasteiger partial charge in [0.1, 0.15) is 16.2 Å². The number of benzene rings is 1. The lowest BCUT2D eigenvalue weighted by Gasteiger charge is -2.04. The fraction of sp³-hybridized carbons (Fsp3) is 0.167. The minimum atomic E-state index is -4.40. The molecule has 0 saturated heterocycles. The maximum Gasteiger partial charge on any atom is 0.416 e. The zero-order valence-corrected chi connectivity index (χ0v) is 10.8. The van der Waals surface area contributed by atoms with E-state index in [0.717, 1.165) is 12.1 Å². The second-order valence-corrected chi connectivity index (χ2v) is 4.97. The van der Waals surface area contributed by atoms with Crippen LogP contribution in [0, 0.1) is 0 Å². The first-order valence-corrected chi connectivity index (χ1v) is 6.48. The topological polar surface area (TPSA) is 64.9 Å². The molecule has 0 radical (unpaired) electrons. The first kappa shape index (κ1) is 13.1. The van der Waals surface area contributed by atoms with Gasteiger partial charge in [-0.25, -0.2) is 9.97 Å². The van der Waals surface area contributed by atoms with Gasteiger partial charge in [0.2, 0.25) is 5.89 Å². The summed E-state index contributed by atoms with van der Waals surface area (Å²) in [4.78, 5) is 8.22. The molecule has 104 valence electrons. The van der Waals surface area contributed by atoms with E-state index in [1.807, 2.05) is 0 Å². The number of fused-ring (bicyclic) bond motifs is 1. The number of thiazole rings is 1. The van der Waals surface area contributed by atoms with Crippen molar-refractivity contribution in [1.82, 2.24) is 9.97 Å². The highest BCUT2D eigenvalue weighted by atomic mass is 32.1. The number of halogens is 3. The molecule has 0 saturated carbocycles.